The number of rotatable bonds is 1. The van der Waals surface area contributed by atoms with Crippen LogP contribution in [0.25, 0.3) is 0 Å². The topological polar surface area (TPSA) is 70.2 Å². The zero-order valence-corrected chi connectivity index (χ0v) is 14.4. The minimum absolute atomic E-state index is 0.00592. The van der Waals surface area contributed by atoms with E-state index in [-0.39, 0.29) is 30.4 Å². The number of carbonyl (C=O) groups is 3. The summed E-state index contributed by atoms with van der Waals surface area (Å²) < 4.78 is 5.40. The average molecular weight is 343 g/mol. The first-order valence-corrected chi connectivity index (χ1v) is 8.62. The molecule has 0 bridgehead atoms. The molecule has 2 fully saturated rings. The fourth-order valence-electron chi connectivity index (χ4n) is 3.90. The van der Waals surface area contributed by atoms with Gasteiger partial charge in [0.2, 0.25) is 5.91 Å². The minimum atomic E-state index is -0.464. The van der Waals surface area contributed by atoms with Gasteiger partial charge in [0, 0.05) is 31.7 Å². The van der Waals surface area contributed by atoms with Crippen molar-refractivity contribution in [3.8, 4) is 5.75 Å². The molecule has 0 spiro atoms. The third-order valence-electron chi connectivity index (χ3n) is 5.45. The summed E-state index contributed by atoms with van der Waals surface area (Å²) >= 11 is 0. The summed E-state index contributed by atoms with van der Waals surface area (Å²) in [5, 5.41) is 0. The average Bonchev–Trinajstić information content (AvgIpc) is 3.09. The number of fused-ring (bicyclic) bond motifs is 2. The van der Waals surface area contributed by atoms with Crippen LogP contribution in [0.1, 0.15) is 30.1 Å². The Hall–Kier alpha value is -2.57. The maximum absolute atomic E-state index is 13.0. The van der Waals surface area contributed by atoms with Gasteiger partial charge in [-0.3, -0.25) is 14.4 Å². The van der Waals surface area contributed by atoms with E-state index < -0.39 is 6.04 Å². The largest absolute Gasteiger partial charge is 0.482 e. The quantitative estimate of drug-likeness (QED) is 0.759. The van der Waals surface area contributed by atoms with Crippen LogP contribution in [-0.4, -0.2) is 66.3 Å². The van der Waals surface area contributed by atoms with Gasteiger partial charge < -0.3 is 19.4 Å². The van der Waals surface area contributed by atoms with Crippen LogP contribution in [0.4, 0.5) is 5.69 Å². The van der Waals surface area contributed by atoms with Crippen molar-refractivity contribution >= 4 is 23.4 Å². The molecular formula is C18H21N3O4. The van der Waals surface area contributed by atoms with Crippen LogP contribution in [0.5, 0.6) is 5.75 Å². The highest BCUT2D eigenvalue weighted by Crippen LogP contribution is 2.33. The summed E-state index contributed by atoms with van der Waals surface area (Å²) in [6.45, 7) is 3.14. The lowest BCUT2D eigenvalue weighted by molar-refractivity contribution is -0.141. The van der Waals surface area contributed by atoms with Gasteiger partial charge in [-0.2, -0.15) is 0 Å². The van der Waals surface area contributed by atoms with Crippen molar-refractivity contribution in [2.75, 3.05) is 31.6 Å². The number of benzene rings is 1. The Morgan fingerprint density at radius 3 is 2.88 bits per heavy atom. The number of carbonyl (C=O) groups excluding carboxylic acids is 3. The maximum atomic E-state index is 13.0. The van der Waals surface area contributed by atoms with Gasteiger partial charge >= 0.3 is 0 Å². The van der Waals surface area contributed by atoms with Gasteiger partial charge in [0.05, 0.1) is 5.69 Å². The van der Waals surface area contributed by atoms with E-state index in [9.17, 15) is 14.4 Å². The Kier molecular flexibility index (Phi) is 3.67. The summed E-state index contributed by atoms with van der Waals surface area (Å²) in [4.78, 5) is 42.4. The third-order valence-corrected chi connectivity index (χ3v) is 5.45. The van der Waals surface area contributed by atoms with Crippen LogP contribution in [-0.2, 0) is 9.59 Å². The Morgan fingerprint density at radius 1 is 1.28 bits per heavy atom. The number of ether oxygens (including phenoxy) is 1. The second-order valence-electron chi connectivity index (χ2n) is 6.89. The minimum Gasteiger partial charge on any atom is -0.482 e. The van der Waals surface area contributed by atoms with Gasteiger partial charge in [-0.25, -0.2) is 0 Å². The molecule has 7 nitrogen and oxygen atoms in total. The Morgan fingerprint density at radius 2 is 2.08 bits per heavy atom. The molecule has 0 N–H and O–H groups in total. The fourth-order valence-corrected chi connectivity index (χ4v) is 3.90. The zero-order valence-electron chi connectivity index (χ0n) is 14.4. The highest BCUT2D eigenvalue weighted by molar-refractivity contribution is 6.02. The summed E-state index contributed by atoms with van der Waals surface area (Å²) in [6, 6.07) is 4.74. The summed E-state index contributed by atoms with van der Waals surface area (Å²) in [7, 11) is 1.67. The molecule has 0 saturated carbocycles. The Labute approximate surface area is 146 Å². The van der Waals surface area contributed by atoms with E-state index in [0.29, 0.717) is 23.5 Å². The van der Waals surface area contributed by atoms with E-state index in [2.05, 4.69) is 0 Å². The third kappa shape index (κ3) is 2.45. The van der Waals surface area contributed by atoms with Gasteiger partial charge in [-0.1, -0.05) is 0 Å². The number of anilines is 1. The molecule has 1 aromatic carbocycles. The lowest BCUT2D eigenvalue weighted by Gasteiger charge is -2.41. The first-order chi connectivity index (χ1) is 12.0. The van der Waals surface area contributed by atoms with Crippen LogP contribution in [0.2, 0.25) is 0 Å². The second-order valence-corrected chi connectivity index (χ2v) is 6.89. The van der Waals surface area contributed by atoms with E-state index in [1.165, 1.54) is 4.90 Å². The van der Waals surface area contributed by atoms with Crippen molar-refractivity contribution in [1.82, 2.24) is 9.80 Å². The monoisotopic (exact) mass is 343 g/mol. The van der Waals surface area contributed by atoms with Crippen LogP contribution >= 0.6 is 0 Å². The molecule has 3 heterocycles. The smallest absolute Gasteiger partial charge is 0.264 e. The van der Waals surface area contributed by atoms with E-state index in [1.54, 1.807) is 37.1 Å². The first-order valence-electron chi connectivity index (χ1n) is 8.62. The molecule has 0 unspecified atom stereocenters. The van der Waals surface area contributed by atoms with Crippen molar-refractivity contribution in [3.63, 3.8) is 0 Å². The van der Waals surface area contributed by atoms with Crippen molar-refractivity contribution in [2.45, 2.75) is 31.8 Å². The molecule has 1 aromatic rings. The van der Waals surface area contributed by atoms with Gasteiger partial charge in [0.1, 0.15) is 11.8 Å². The van der Waals surface area contributed by atoms with E-state index in [4.69, 9.17) is 4.74 Å². The van der Waals surface area contributed by atoms with Crippen LogP contribution in [0, 0.1) is 0 Å². The molecule has 2 saturated heterocycles. The van der Waals surface area contributed by atoms with Gasteiger partial charge in [-0.05, 0) is 38.0 Å². The first kappa shape index (κ1) is 15.9. The van der Waals surface area contributed by atoms with Crippen molar-refractivity contribution in [3.05, 3.63) is 23.8 Å². The molecule has 4 rings (SSSR count). The van der Waals surface area contributed by atoms with Crippen LogP contribution < -0.4 is 9.64 Å². The second kappa shape index (κ2) is 5.75. The number of amides is 3. The molecule has 3 amide bonds. The highest BCUT2D eigenvalue weighted by atomic mass is 16.5. The predicted molar refractivity (Wildman–Crippen MR) is 90.6 cm³/mol. The molecule has 2 atom stereocenters. The SMILES string of the molecule is C[C@@H]1C(=O)N2CCC[C@H]2CN1C(=O)c1ccc2c(c1)N(C)C(=O)CO2. The summed E-state index contributed by atoms with van der Waals surface area (Å²) in [5.41, 5.74) is 1.05. The lowest BCUT2D eigenvalue weighted by Crippen LogP contribution is -2.60. The normalized spacial score (nSPS) is 25.6. The Bertz CT molecular complexity index is 763. The van der Waals surface area contributed by atoms with Crippen molar-refractivity contribution < 1.29 is 19.1 Å². The number of hydrogen-bond donors (Lipinski definition) is 0. The number of hydrogen-bond acceptors (Lipinski definition) is 4. The molecule has 0 radical (unpaired) electrons. The number of piperazine rings is 1. The standard InChI is InChI=1S/C18H21N3O4/c1-11-17(23)20-7-3-4-13(20)9-21(11)18(24)12-5-6-15-14(8-12)19(2)16(22)10-25-15/h5-6,8,11,13H,3-4,7,9-10H2,1-2H3/t11-,13+/m1/s1. The van der Waals surface area contributed by atoms with Crippen molar-refractivity contribution in [1.29, 1.82) is 0 Å². The number of likely N-dealkylation sites (N-methyl/N-ethyl adjacent to an activating group) is 1. The summed E-state index contributed by atoms with van der Waals surface area (Å²) in [6.07, 6.45) is 1.94. The van der Waals surface area contributed by atoms with E-state index >= 15 is 0 Å². The van der Waals surface area contributed by atoms with E-state index in [0.717, 1.165) is 19.4 Å². The predicted octanol–water partition coefficient (Wildman–Crippen LogP) is 0.877. The van der Waals surface area contributed by atoms with Gasteiger partial charge in [0.15, 0.2) is 6.61 Å². The lowest BCUT2D eigenvalue weighted by atomic mass is 10.0. The molecule has 0 aliphatic carbocycles. The Balaban J connectivity index is 1.63. The zero-order chi connectivity index (χ0) is 17.7. The van der Waals surface area contributed by atoms with Crippen molar-refractivity contribution in [2.24, 2.45) is 0 Å². The molecule has 3 aliphatic heterocycles. The van der Waals surface area contributed by atoms with Gasteiger partial charge in [0.25, 0.3) is 11.8 Å². The van der Waals surface area contributed by atoms with Gasteiger partial charge in [-0.15, -0.1) is 0 Å². The van der Waals surface area contributed by atoms with Crippen LogP contribution in [0.3, 0.4) is 0 Å². The highest BCUT2D eigenvalue weighted by Gasteiger charge is 2.42. The molecule has 3 aliphatic rings. The molecular weight excluding hydrogens is 322 g/mol. The van der Waals surface area contributed by atoms with E-state index in [1.807, 2.05) is 4.90 Å². The molecule has 0 aromatic heterocycles. The molecule has 132 valence electrons. The molecule has 25 heavy (non-hydrogen) atoms. The van der Waals surface area contributed by atoms with Crippen LogP contribution in [0.15, 0.2) is 18.2 Å². The summed E-state index contributed by atoms with van der Waals surface area (Å²) in [5.74, 6) is 0.279. The number of nitrogens with zero attached hydrogens (tertiary/aromatic N) is 3. The maximum Gasteiger partial charge on any atom is 0.264 e. The molecule has 7 heteroatoms. The fraction of sp³-hybridized carbons (Fsp3) is 0.500.